The van der Waals surface area contributed by atoms with Gasteiger partial charge in [0.15, 0.2) is 0 Å². The number of benzene rings is 1. The van der Waals surface area contributed by atoms with Crippen LogP contribution in [0.3, 0.4) is 0 Å². The number of carboxylic acids is 1. The number of carbonyl (C=O) groups is 1. The van der Waals surface area contributed by atoms with E-state index in [9.17, 15) is 13.2 Å². The average Bonchev–Trinajstić information content (AvgIpc) is 2.43. The van der Waals surface area contributed by atoms with Crippen molar-refractivity contribution >= 4 is 27.8 Å². The number of sulfonamides is 1. The molecule has 1 aromatic carbocycles. The molecule has 118 valence electrons. The van der Waals surface area contributed by atoms with Gasteiger partial charge < -0.3 is 10.2 Å². The molecule has 1 rings (SSSR count). The highest BCUT2D eigenvalue weighted by Gasteiger charge is 2.11. The summed E-state index contributed by atoms with van der Waals surface area (Å²) in [5.74, 6) is 0.239. The number of aliphatic hydroxyl groups excluding tert-OH is 1. The first kappa shape index (κ1) is 18.0. The fourth-order valence-electron chi connectivity index (χ4n) is 1.55. The zero-order valence-corrected chi connectivity index (χ0v) is 13.1. The maximum Gasteiger partial charge on any atom is 0.335 e. The molecule has 0 unspecified atom stereocenters. The van der Waals surface area contributed by atoms with Crippen molar-refractivity contribution in [1.29, 1.82) is 0 Å². The molecule has 0 atom stereocenters. The van der Waals surface area contributed by atoms with Crippen molar-refractivity contribution in [1.82, 2.24) is 4.72 Å². The van der Waals surface area contributed by atoms with Crippen molar-refractivity contribution in [3.8, 4) is 0 Å². The molecule has 0 bridgehead atoms. The number of carboxylic acid groups (broad SMARTS) is 1. The minimum atomic E-state index is -3.42. The SMILES string of the molecule is O=C(O)c1ccc(CS(=O)(=O)NCCSCCCO)cc1. The van der Waals surface area contributed by atoms with Crippen LogP contribution in [-0.4, -0.2) is 49.3 Å². The highest BCUT2D eigenvalue weighted by molar-refractivity contribution is 7.99. The second kappa shape index (κ2) is 9.04. The molecule has 0 aliphatic heterocycles. The summed E-state index contributed by atoms with van der Waals surface area (Å²) < 4.78 is 26.2. The highest BCUT2D eigenvalue weighted by Crippen LogP contribution is 2.08. The smallest absolute Gasteiger partial charge is 0.335 e. The Bertz CT molecular complexity index is 542. The van der Waals surface area contributed by atoms with E-state index in [1.165, 1.54) is 24.3 Å². The van der Waals surface area contributed by atoms with E-state index in [0.717, 1.165) is 5.75 Å². The molecule has 0 aromatic heterocycles. The number of thioether (sulfide) groups is 1. The lowest BCUT2D eigenvalue weighted by molar-refractivity contribution is 0.0697. The Balaban J connectivity index is 2.39. The fraction of sp³-hybridized carbons (Fsp3) is 0.462. The first-order chi connectivity index (χ1) is 9.94. The molecule has 0 aliphatic carbocycles. The van der Waals surface area contributed by atoms with Gasteiger partial charge in [0.25, 0.3) is 0 Å². The van der Waals surface area contributed by atoms with Gasteiger partial charge in [0.1, 0.15) is 0 Å². The number of aromatic carboxylic acids is 1. The Kier molecular flexibility index (Phi) is 7.73. The van der Waals surface area contributed by atoms with Crippen LogP contribution >= 0.6 is 11.8 Å². The Morgan fingerprint density at radius 2 is 1.86 bits per heavy atom. The lowest BCUT2D eigenvalue weighted by Gasteiger charge is -2.07. The van der Waals surface area contributed by atoms with Crippen molar-refractivity contribution in [2.75, 3.05) is 24.7 Å². The van der Waals surface area contributed by atoms with Crippen LogP contribution in [0.1, 0.15) is 22.3 Å². The standard InChI is InChI=1S/C13H19NO5S2/c15-7-1-8-20-9-6-14-21(18,19)10-11-2-4-12(5-3-11)13(16)17/h2-5,14-15H,1,6-10H2,(H,16,17). The van der Waals surface area contributed by atoms with Gasteiger partial charge >= 0.3 is 5.97 Å². The van der Waals surface area contributed by atoms with Gasteiger partial charge in [0.05, 0.1) is 11.3 Å². The molecule has 0 fully saturated rings. The van der Waals surface area contributed by atoms with E-state index < -0.39 is 16.0 Å². The summed E-state index contributed by atoms with van der Waals surface area (Å²) in [7, 11) is -3.42. The highest BCUT2D eigenvalue weighted by atomic mass is 32.2. The van der Waals surface area contributed by atoms with Gasteiger partial charge in [0.2, 0.25) is 10.0 Å². The average molecular weight is 333 g/mol. The first-order valence-corrected chi connectivity index (χ1v) is 9.23. The summed E-state index contributed by atoms with van der Waals surface area (Å²) in [6, 6.07) is 5.77. The lowest BCUT2D eigenvalue weighted by atomic mass is 10.1. The molecule has 1 aromatic rings. The predicted octanol–water partition coefficient (Wildman–Crippen LogP) is 0.920. The largest absolute Gasteiger partial charge is 0.478 e. The van der Waals surface area contributed by atoms with Gasteiger partial charge in [-0.05, 0) is 29.9 Å². The van der Waals surface area contributed by atoms with Crippen molar-refractivity contribution in [3.05, 3.63) is 35.4 Å². The van der Waals surface area contributed by atoms with Crippen LogP contribution in [0.25, 0.3) is 0 Å². The minimum Gasteiger partial charge on any atom is -0.478 e. The first-order valence-electron chi connectivity index (χ1n) is 6.43. The molecule has 21 heavy (non-hydrogen) atoms. The Labute approximate surface area is 128 Å². The molecular formula is C13H19NO5S2. The quantitative estimate of drug-likeness (QED) is 0.550. The molecule has 0 amide bonds. The molecule has 0 radical (unpaired) electrons. The van der Waals surface area contributed by atoms with E-state index in [1.807, 2.05) is 0 Å². The van der Waals surface area contributed by atoms with E-state index in [2.05, 4.69) is 4.72 Å². The Hall–Kier alpha value is -1.09. The lowest BCUT2D eigenvalue weighted by Crippen LogP contribution is -2.27. The third kappa shape index (κ3) is 7.47. The monoisotopic (exact) mass is 333 g/mol. The van der Waals surface area contributed by atoms with E-state index >= 15 is 0 Å². The predicted molar refractivity (Wildman–Crippen MR) is 83.1 cm³/mol. The fourth-order valence-corrected chi connectivity index (χ4v) is 3.61. The van der Waals surface area contributed by atoms with Crippen molar-refractivity contribution in [3.63, 3.8) is 0 Å². The Morgan fingerprint density at radius 3 is 2.43 bits per heavy atom. The van der Waals surface area contributed by atoms with Gasteiger partial charge in [-0.1, -0.05) is 12.1 Å². The van der Waals surface area contributed by atoms with Crippen LogP contribution in [0, 0.1) is 0 Å². The second-order valence-electron chi connectivity index (χ2n) is 4.35. The topological polar surface area (TPSA) is 104 Å². The molecule has 0 heterocycles. The zero-order chi connectivity index (χ0) is 15.7. The van der Waals surface area contributed by atoms with E-state index in [0.29, 0.717) is 24.3 Å². The van der Waals surface area contributed by atoms with Gasteiger partial charge in [0, 0.05) is 18.9 Å². The molecule has 3 N–H and O–H groups in total. The maximum absolute atomic E-state index is 11.8. The molecule has 0 saturated heterocycles. The van der Waals surface area contributed by atoms with Crippen LogP contribution in [0.15, 0.2) is 24.3 Å². The van der Waals surface area contributed by atoms with Crippen molar-refractivity contribution in [2.45, 2.75) is 12.2 Å². The number of hydrogen-bond donors (Lipinski definition) is 3. The molecule has 0 saturated carbocycles. The van der Waals surface area contributed by atoms with Gasteiger partial charge in [-0.25, -0.2) is 17.9 Å². The van der Waals surface area contributed by atoms with Gasteiger partial charge in [-0.2, -0.15) is 11.8 Å². The molecule has 0 spiro atoms. The van der Waals surface area contributed by atoms with Gasteiger partial charge in [-0.15, -0.1) is 0 Å². The third-order valence-corrected chi connectivity index (χ3v) is 5.00. The summed E-state index contributed by atoms with van der Waals surface area (Å²) >= 11 is 1.58. The summed E-state index contributed by atoms with van der Waals surface area (Å²) in [6.07, 6.45) is 0.702. The number of rotatable bonds is 10. The van der Waals surface area contributed by atoms with E-state index in [4.69, 9.17) is 10.2 Å². The molecule has 8 heteroatoms. The van der Waals surface area contributed by atoms with Crippen LogP contribution in [-0.2, 0) is 15.8 Å². The van der Waals surface area contributed by atoms with Crippen LogP contribution < -0.4 is 4.72 Å². The summed E-state index contributed by atoms with van der Waals surface area (Å²) in [5, 5.41) is 17.4. The van der Waals surface area contributed by atoms with E-state index in [-0.39, 0.29) is 17.9 Å². The minimum absolute atomic E-state index is 0.129. The van der Waals surface area contributed by atoms with E-state index in [1.54, 1.807) is 11.8 Å². The molecule has 0 aliphatic rings. The van der Waals surface area contributed by atoms with Crippen molar-refractivity contribution in [2.24, 2.45) is 0 Å². The summed E-state index contributed by atoms with van der Waals surface area (Å²) in [6.45, 7) is 0.483. The normalized spacial score (nSPS) is 11.5. The summed E-state index contributed by atoms with van der Waals surface area (Å²) in [4.78, 5) is 10.7. The van der Waals surface area contributed by atoms with Crippen LogP contribution in [0.4, 0.5) is 0 Å². The second-order valence-corrected chi connectivity index (χ2v) is 7.38. The molecular weight excluding hydrogens is 314 g/mol. The van der Waals surface area contributed by atoms with Crippen LogP contribution in [0.5, 0.6) is 0 Å². The number of hydrogen-bond acceptors (Lipinski definition) is 5. The van der Waals surface area contributed by atoms with Gasteiger partial charge in [-0.3, -0.25) is 0 Å². The van der Waals surface area contributed by atoms with Crippen LogP contribution in [0.2, 0.25) is 0 Å². The third-order valence-electron chi connectivity index (χ3n) is 2.57. The number of nitrogens with one attached hydrogen (secondary N) is 1. The summed E-state index contributed by atoms with van der Waals surface area (Å²) in [5.41, 5.74) is 0.671. The zero-order valence-electron chi connectivity index (χ0n) is 11.5. The van der Waals surface area contributed by atoms with Crippen molar-refractivity contribution < 1.29 is 23.4 Å². The Morgan fingerprint density at radius 1 is 1.19 bits per heavy atom. The number of aliphatic hydroxyl groups is 1. The maximum atomic E-state index is 11.8. The molecule has 6 nitrogen and oxygen atoms in total.